The Morgan fingerprint density at radius 1 is 1.33 bits per heavy atom. The molecule has 5 rings (SSSR count). The Hall–Kier alpha value is -2.68. The lowest BCUT2D eigenvalue weighted by Gasteiger charge is -2.30. The van der Waals surface area contributed by atoms with Crippen molar-refractivity contribution in [2.45, 2.75) is 45.3 Å². The Bertz CT molecular complexity index is 1320. The van der Waals surface area contributed by atoms with E-state index in [2.05, 4.69) is 10.1 Å². The number of nitrogens with zero attached hydrogens (tertiary/aromatic N) is 3. The second-order valence-electron chi connectivity index (χ2n) is 8.83. The third kappa shape index (κ3) is 4.30. The van der Waals surface area contributed by atoms with E-state index in [1.165, 1.54) is 12.1 Å². The van der Waals surface area contributed by atoms with Gasteiger partial charge in [-0.05, 0) is 45.0 Å². The maximum atomic E-state index is 13.4. The molecule has 33 heavy (non-hydrogen) atoms. The van der Waals surface area contributed by atoms with Crippen LogP contribution in [-0.4, -0.2) is 40.6 Å². The molecule has 4 heterocycles. The van der Waals surface area contributed by atoms with Gasteiger partial charge in [-0.15, -0.1) is 11.3 Å². The van der Waals surface area contributed by atoms with Crippen LogP contribution in [0.15, 0.2) is 41.2 Å². The van der Waals surface area contributed by atoms with Crippen LogP contribution in [0.3, 0.4) is 0 Å². The first-order valence-corrected chi connectivity index (χ1v) is 12.1. The number of piperidine rings is 1. The summed E-state index contributed by atoms with van der Waals surface area (Å²) < 4.78 is 21.5. The fraction of sp³-hybridized carbons (Fsp3) is 0.400. The molecule has 1 aliphatic heterocycles. The number of benzene rings is 1. The van der Waals surface area contributed by atoms with Crippen molar-refractivity contribution in [1.82, 2.24) is 10.1 Å². The molecule has 1 N–H and O–H groups in total. The van der Waals surface area contributed by atoms with E-state index in [-0.39, 0.29) is 17.5 Å². The highest BCUT2D eigenvalue weighted by atomic mass is 32.1. The van der Waals surface area contributed by atoms with Crippen molar-refractivity contribution < 1.29 is 23.4 Å². The van der Waals surface area contributed by atoms with E-state index in [4.69, 9.17) is 4.52 Å². The number of aliphatic hydroxyl groups excluding tert-OH is 1. The number of aryl methyl sites for hydroxylation is 1. The van der Waals surface area contributed by atoms with Crippen LogP contribution in [0.4, 0.5) is 4.39 Å². The van der Waals surface area contributed by atoms with Crippen molar-refractivity contribution in [3.8, 4) is 0 Å². The molecule has 6 nitrogen and oxygen atoms in total. The Morgan fingerprint density at radius 3 is 2.88 bits per heavy atom. The molecule has 1 aliphatic rings. The van der Waals surface area contributed by atoms with Crippen LogP contribution >= 0.6 is 11.3 Å². The number of halogens is 1. The van der Waals surface area contributed by atoms with Gasteiger partial charge >= 0.3 is 0 Å². The van der Waals surface area contributed by atoms with Crippen LogP contribution in [0.1, 0.15) is 59.3 Å². The lowest BCUT2D eigenvalue weighted by molar-refractivity contribution is -0.754. The largest absolute Gasteiger partial charge is 0.356 e. The molecule has 0 aliphatic carbocycles. The van der Waals surface area contributed by atoms with E-state index in [9.17, 15) is 14.3 Å². The minimum Gasteiger partial charge on any atom is -0.356 e. The lowest BCUT2D eigenvalue weighted by Crippen LogP contribution is -2.36. The van der Waals surface area contributed by atoms with Gasteiger partial charge in [0.15, 0.2) is 23.8 Å². The summed E-state index contributed by atoms with van der Waals surface area (Å²) in [6.07, 6.45) is 5.48. The van der Waals surface area contributed by atoms with Gasteiger partial charge in [0.2, 0.25) is 0 Å². The molecule has 0 spiro atoms. The van der Waals surface area contributed by atoms with E-state index in [1.807, 2.05) is 25.4 Å². The van der Waals surface area contributed by atoms with Crippen LogP contribution in [0, 0.1) is 12.7 Å². The van der Waals surface area contributed by atoms with E-state index in [1.54, 1.807) is 28.9 Å². The normalized spacial score (nSPS) is 16.6. The number of aromatic nitrogens is 2. The topological polar surface area (TPSA) is 70.5 Å². The van der Waals surface area contributed by atoms with Gasteiger partial charge in [0, 0.05) is 59.2 Å². The Balaban J connectivity index is 1.21. The number of fused-ring (bicyclic) bond motifs is 2. The highest BCUT2D eigenvalue weighted by Gasteiger charge is 2.26. The predicted molar refractivity (Wildman–Crippen MR) is 125 cm³/mol. The van der Waals surface area contributed by atoms with E-state index in [0.29, 0.717) is 12.0 Å². The number of carbonyl (C=O) groups excluding carboxylic acids is 1. The molecule has 1 fully saturated rings. The number of hydrogen-bond donors (Lipinski definition) is 1. The van der Waals surface area contributed by atoms with E-state index >= 15 is 0 Å². The number of aliphatic hydroxyl groups is 1. The maximum absolute atomic E-state index is 13.4. The van der Waals surface area contributed by atoms with Gasteiger partial charge in [-0.1, -0.05) is 5.16 Å². The summed E-state index contributed by atoms with van der Waals surface area (Å²) in [5.74, 6) is 0.132. The van der Waals surface area contributed by atoms with Gasteiger partial charge in [-0.2, -0.15) is 4.57 Å². The van der Waals surface area contributed by atoms with Crippen molar-refractivity contribution in [3.05, 3.63) is 58.6 Å². The summed E-state index contributed by atoms with van der Waals surface area (Å²) in [7, 11) is 0. The second kappa shape index (κ2) is 8.93. The van der Waals surface area contributed by atoms with Crippen LogP contribution in [0.2, 0.25) is 0 Å². The number of ketones is 1. The number of likely N-dealkylation sites (tertiary alicyclic amines) is 1. The van der Waals surface area contributed by atoms with Gasteiger partial charge in [0.05, 0.1) is 10.4 Å². The first-order chi connectivity index (χ1) is 15.9. The quantitative estimate of drug-likeness (QED) is 0.327. The van der Waals surface area contributed by atoms with Crippen molar-refractivity contribution in [2.75, 3.05) is 19.6 Å². The molecule has 8 heteroatoms. The van der Waals surface area contributed by atoms with Gasteiger partial charge in [-0.25, -0.2) is 4.39 Å². The Labute approximate surface area is 195 Å². The minimum atomic E-state index is -0.602. The summed E-state index contributed by atoms with van der Waals surface area (Å²) in [6.45, 7) is 6.22. The zero-order valence-corrected chi connectivity index (χ0v) is 19.6. The number of rotatable bonds is 6. The van der Waals surface area contributed by atoms with Crippen molar-refractivity contribution in [3.63, 3.8) is 0 Å². The zero-order valence-electron chi connectivity index (χ0n) is 18.8. The van der Waals surface area contributed by atoms with Crippen LogP contribution in [-0.2, 0) is 0 Å². The molecule has 172 valence electrons. The molecule has 1 unspecified atom stereocenters. The Morgan fingerprint density at radius 2 is 2.12 bits per heavy atom. The van der Waals surface area contributed by atoms with Gasteiger partial charge in [-0.3, -0.25) is 4.79 Å². The first kappa shape index (κ1) is 22.1. The first-order valence-electron chi connectivity index (χ1n) is 11.3. The minimum absolute atomic E-state index is 0.167. The fourth-order valence-corrected chi connectivity index (χ4v) is 5.91. The Kier molecular flexibility index (Phi) is 5.99. The van der Waals surface area contributed by atoms with E-state index in [0.717, 1.165) is 64.1 Å². The molecule has 0 bridgehead atoms. The van der Waals surface area contributed by atoms with Gasteiger partial charge in [0.1, 0.15) is 5.82 Å². The summed E-state index contributed by atoms with van der Waals surface area (Å²) in [4.78, 5) is 16.5. The lowest BCUT2D eigenvalue weighted by atomic mass is 9.91. The highest BCUT2D eigenvalue weighted by Crippen LogP contribution is 2.34. The monoisotopic (exact) mass is 468 g/mol. The van der Waals surface area contributed by atoms with Crippen molar-refractivity contribution >= 4 is 38.2 Å². The molecule has 0 amide bonds. The number of hydrogen-bond acceptors (Lipinski definition) is 6. The zero-order chi connectivity index (χ0) is 23.1. The van der Waals surface area contributed by atoms with Gasteiger partial charge in [0.25, 0.3) is 6.23 Å². The molecule has 3 aromatic heterocycles. The van der Waals surface area contributed by atoms with Crippen LogP contribution in [0.5, 0.6) is 0 Å². The van der Waals surface area contributed by atoms with E-state index < -0.39 is 6.23 Å². The fourth-order valence-electron chi connectivity index (χ4n) is 4.80. The standard InChI is InChI=1S/C25H27FN3O3S/c1-15-24(20-7-12-29(16(2)30)14-23(20)33-15)21(31)8-11-28-9-5-17(6-10-28)25-19-4-3-18(26)13-22(19)32-27-25/h3-4,7,12-14,16-17,30H,5-6,8-11H2,1-2H3/q+1. The molecule has 0 radical (unpaired) electrons. The summed E-state index contributed by atoms with van der Waals surface area (Å²) in [5, 5.41) is 15.9. The predicted octanol–water partition coefficient (Wildman–Crippen LogP) is 4.74. The highest BCUT2D eigenvalue weighted by molar-refractivity contribution is 7.19. The number of Topliss-reactive ketones (excluding diaryl/α,β-unsaturated/α-hetero) is 1. The summed E-state index contributed by atoms with van der Waals surface area (Å²) >= 11 is 1.59. The van der Waals surface area contributed by atoms with Crippen molar-refractivity contribution in [1.29, 1.82) is 0 Å². The molecular formula is C25H27FN3O3S+. The average molecular weight is 469 g/mol. The summed E-state index contributed by atoms with van der Waals surface area (Å²) in [5.41, 5.74) is 2.22. The van der Waals surface area contributed by atoms with Gasteiger partial charge < -0.3 is 14.5 Å². The number of thiophene rings is 1. The maximum Gasteiger partial charge on any atom is 0.257 e. The summed E-state index contributed by atoms with van der Waals surface area (Å²) in [6, 6.07) is 6.51. The molecular weight excluding hydrogens is 441 g/mol. The number of pyridine rings is 1. The average Bonchev–Trinajstić information content (AvgIpc) is 3.36. The molecule has 1 atom stereocenters. The van der Waals surface area contributed by atoms with Crippen molar-refractivity contribution in [2.24, 2.45) is 0 Å². The van der Waals surface area contributed by atoms with Crippen LogP contribution in [0.25, 0.3) is 21.1 Å². The molecule has 4 aromatic rings. The third-order valence-corrected chi connectivity index (χ3v) is 7.69. The second-order valence-corrected chi connectivity index (χ2v) is 10.1. The molecule has 1 aromatic carbocycles. The van der Waals surface area contributed by atoms with Crippen LogP contribution < -0.4 is 4.57 Å². The molecule has 0 saturated carbocycles. The molecule has 1 saturated heterocycles. The number of carbonyl (C=O) groups is 1. The smallest absolute Gasteiger partial charge is 0.257 e. The SMILES string of the molecule is Cc1sc2c[n+](C(C)O)ccc2c1C(=O)CCN1CCC(c2noc3cc(F)ccc23)CC1. The third-order valence-electron chi connectivity index (χ3n) is 6.63.